The number of carbonyl (C=O) groups is 1. The molecule has 0 spiro atoms. The second kappa shape index (κ2) is 7.63. The summed E-state index contributed by atoms with van der Waals surface area (Å²) in [4.78, 5) is 12.7. The maximum Gasteiger partial charge on any atom is 0.244 e. The van der Waals surface area contributed by atoms with Gasteiger partial charge in [0.1, 0.15) is 0 Å². The predicted molar refractivity (Wildman–Crippen MR) is 93.7 cm³/mol. The molecule has 1 fully saturated rings. The monoisotopic (exact) mass is 354 g/mol. The summed E-state index contributed by atoms with van der Waals surface area (Å²) in [7, 11) is -3.45. The number of benzene rings is 1. The molecule has 0 aliphatic carbocycles. The molecule has 0 saturated carbocycles. The number of nitrogens with zero attached hydrogens (tertiary/aromatic N) is 1. The zero-order valence-electron chi connectivity index (χ0n) is 15.0. The third-order valence-electron chi connectivity index (χ3n) is 4.48. The first-order valence-corrected chi connectivity index (χ1v) is 9.82. The van der Waals surface area contributed by atoms with E-state index in [1.807, 2.05) is 32.9 Å². The number of sulfonamides is 1. The summed E-state index contributed by atoms with van der Waals surface area (Å²) in [6.07, 6.45) is 0. The molecule has 2 rings (SSSR count). The van der Waals surface area contributed by atoms with Gasteiger partial charge in [0, 0.05) is 6.92 Å². The molecule has 1 aromatic carbocycles. The van der Waals surface area contributed by atoms with Gasteiger partial charge in [0.15, 0.2) is 0 Å². The van der Waals surface area contributed by atoms with Crippen molar-refractivity contribution in [2.45, 2.75) is 32.6 Å². The maximum absolute atomic E-state index is 13.0. The summed E-state index contributed by atoms with van der Waals surface area (Å²) >= 11 is 0. The Morgan fingerprint density at radius 3 is 2.21 bits per heavy atom. The molecule has 6 nitrogen and oxygen atoms in total. The van der Waals surface area contributed by atoms with Gasteiger partial charge in [-0.3, -0.25) is 4.79 Å². The molecule has 1 aliphatic heterocycles. The Morgan fingerprint density at radius 2 is 1.71 bits per heavy atom. The van der Waals surface area contributed by atoms with Crippen LogP contribution >= 0.6 is 0 Å². The molecular weight excluding hydrogens is 326 g/mol. The standard InChI is InChI=1S/C17H27N3O3S/c1-13-11-14(2)17(15(3)12-13)24(22,23)20-9-7-19(8-10-20)6-5-18-16(4)21/h11-12H,5-10H2,1-4H3,(H,18,21)/p+1. The zero-order chi connectivity index (χ0) is 17.9. The van der Waals surface area contributed by atoms with E-state index in [0.29, 0.717) is 24.5 Å². The SMILES string of the molecule is CC(=O)NCC[NH+]1CCN(S(=O)(=O)c2c(C)cc(C)cc2C)CC1. The van der Waals surface area contributed by atoms with E-state index >= 15 is 0 Å². The normalized spacial score (nSPS) is 17.0. The van der Waals surface area contributed by atoms with Gasteiger partial charge in [0.25, 0.3) is 0 Å². The topological polar surface area (TPSA) is 70.9 Å². The van der Waals surface area contributed by atoms with Crippen molar-refractivity contribution >= 4 is 15.9 Å². The van der Waals surface area contributed by atoms with Crippen LogP contribution in [0.1, 0.15) is 23.6 Å². The fourth-order valence-electron chi connectivity index (χ4n) is 3.41. The molecule has 1 heterocycles. The fraction of sp³-hybridized carbons (Fsp3) is 0.588. The van der Waals surface area contributed by atoms with Crippen LogP contribution in [0.25, 0.3) is 0 Å². The smallest absolute Gasteiger partial charge is 0.244 e. The molecule has 1 aromatic rings. The third-order valence-corrected chi connectivity index (χ3v) is 6.69. The Labute approximate surface area is 144 Å². The first-order chi connectivity index (χ1) is 11.2. The van der Waals surface area contributed by atoms with Gasteiger partial charge in [-0.15, -0.1) is 0 Å². The van der Waals surface area contributed by atoms with E-state index in [2.05, 4.69) is 5.32 Å². The van der Waals surface area contributed by atoms with E-state index in [-0.39, 0.29) is 5.91 Å². The minimum Gasteiger partial charge on any atom is -0.351 e. The lowest BCUT2D eigenvalue weighted by Crippen LogP contribution is -3.15. The summed E-state index contributed by atoms with van der Waals surface area (Å²) in [5, 5.41) is 2.79. The Balaban J connectivity index is 2.04. The van der Waals surface area contributed by atoms with Crippen molar-refractivity contribution in [3.63, 3.8) is 0 Å². The maximum atomic E-state index is 13.0. The summed E-state index contributed by atoms with van der Waals surface area (Å²) in [6.45, 7) is 11.2. The molecular formula is C17H28N3O3S+. The third kappa shape index (κ3) is 4.34. The van der Waals surface area contributed by atoms with Crippen LogP contribution in [-0.2, 0) is 14.8 Å². The molecule has 0 radical (unpaired) electrons. The molecule has 24 heavy (non-hydrogen) atoms. The second-order valence-corrected chi connectivity index (χ2v) is 8.49. The minimum atomic E-state index is -3.45. The van der Waals surface area contributed by atoms with Gasteiger partial charge >= 0.3 is 0 Å². The Kier molecular flexibility index (Phi) is 6.01. The second-order valence-electron chi connectivity index (χ2n) is 6.61. The number of piperazine rings is 1. The van der Waals surface area contributed by atoms with Gasteiger partial charge in [-0.05, 0) is 31.9 Å². The number of hydrogen-bond acceptors (Lipinski definition) is 3. The van der Waals surface area contributed by atoms with E-state index in [9.17, 15) is 13.2 Å². The Hall–Kier alpha value is -1.44. The van der Waals surface area contributed by atoms with Gasteiger partial charge in [0.2, 0.25) is 15.9 Å². The van der Waals surface area contributed by atoms with Gasteiger partial charge in [-0.1, -0.05) is 17.7 Å². The number of amides is 1. The van der Waals surface area contributed by atoms with Crippen molar-refractivity contribution < 1.29 is 18.1 Å². The highest BCUT2D eigenvalue weighted by Gasteiger charge is 2.32. The van der Waals surface area contributed by atoms with Gasteiger partial charge in [-0.25, -0.2) is 8.42 Å². The molecule has 134 valence electrons. The first kappa shape index (κ1) is 18.9. The van der Waals surface area contributed by atoms with E-state index in [0.717, 1.165) is 36.3 Å². The minimum absolute atomic E-state index is 0.0269. The lowest BCUT2D eigenvalue weighted by atomic mass is 10.1. The first-order valence-electron chi connectivity index (χ1n) is 8.38. The molecule has 1 saturated heterocycles. The van der Waals surface area contributed by atoms with E-state index in [1.165, 1.54) is 11.8 Å². The molecule has 1 amide bonds. The molecule has 0 atom stereocenters. The largest absolute Gasteiger partial charge is 0.351 e. The van der Waals surface area contributed by atoms with Crippen molar-refractivity contribution in [2.24, 2.45) is 0 Å². The van der Waals surface area contributed by atoms with Crippen LogP contribution in [0.4, 0.5) is 0 Å². The van der Waals surface area contributed by atoms with Crippen molar-refractivity contribution in [1.82, 2.24) is 9.62 Å². The Morgan fingerprint density at radius 1 is 1.17 bits per heavy atom. The van der Waals surface area contributed by atoms with Gasteiger partial charge in [0.05, 0.1) is 44.2 Å². The van der Waals surface area contributed by atoms with Crippen molar-refractivity contribution in [3.8, 4) is 0 Å². The molecule has 2 N–H and O–H groups in total. The van der Waals surface area contributed by atoms with E-state index < -0.39 is 10.0 Å². The number of aryl methyl sites for hydroxylation is 3. The lowest BCUT2D eigenvalue weighted by molar-refractivity contribution is -0.902. The molecule has 0 unspecified atom stereocenters. The summed E-state index contributed by atoms with van der Waals surface area (Å²) in [6, 6.07) is 3.85. The molecule has 0 bridgehead atoms. The van der Waals surface area contributed by atoms with Crippen LogP contribution in [0.5, 0.6) is 0 Å². The number of quaternary nitrogens is 1. The van der Waals surface area contributed by atoms with Crippen LogP contribution in [-0.4, -0.2) is 57.9 Å². The number of rotatable bonds is 5. The summed E-state index contributed by atoms with van der Waals surface area (Å²) < 4.78 is 27.6. The van der Waals surface area contributed by atoms with Gasteiger partial charge in [-0.2, -0.15) is 4.31 Å². The quantitative estimate of drug-likeness (QED) is 0.758. The Bertz CT molecular complexity index is 685. The lowest BCUT2D eigenvalue weighted by Gasteiger charge is -2.32. The van der Waals surface area contributed by atoms with Crippen LogP contribution in [0.3, 0.4) is 0 Å². The molecule has 0 aromatic heterocycles. The molecule has 7 heteroatoms. The average molecular weight is 354 g/mol. The highest BCUT2D eigenvalue weighted by atomic mass is 32.2. The summed E-state index contributed by atoms with van der Waals surface area (Å²) in [5.41, 5.74) is 2.71. The van der Waals surface area contributed by atoms with Crippen molar-refractivity contribution in [1.29, 1.82) is 0 Å². The van der Waals surface area contributed by atoms with Crippen LogP contribution in [0, 0.1) is 20.8 Å². The van der Waals surface area contributed by atoms with Crippen molar-refractivity contribution in [3.05, 3.63) is 28.8 Å². The average Bonchev–Trinajstić information content (AvgIpc) is 2.46. The predicted octanol–water partition coefficient (Wildman–Crippen LogP) is -0.363. The van der Waals surface area contributed by atoms with Crippen LogP contribution in [0.2, 0.25) is 0 Å². The van der Waals surface area contributed by atoms with Crippen LogP contribution in [0.15, 0.2) is 17.0 Å². The van der Waals surface area contributed by atoms with E-state index in [4.69, 9.17) is 0 Å². The highest BCUT2D eigenvalue weighted by molar-refractivity contribution is 7.89. The number of carbonyl (C=O) groups excluding carboxylic acids is 1. The van der Waals surface area contributed by atoms with E-state index in [1.54, 1.807) is 4.31 Å². The fourth-order valence-corrected chi connectivity index (χ4v) is 5.26. The van der Waals surface area contributed by atoms with Crippen molar-refractivity contribution in [2.75, 3.05) is 39.3 Å². The summed E-state index contributed by atoms with van der Waals surface area (Å²) in [5.74, 6) is -0.0269. The number of nitrogens with one attached hydrogen (secondary N) is 2. The van der Waals surface area contributed by atoms with Crippen LogP contribution < -0.4 is 10.2 Å². The number of hydrogen-bond donors (Lipinski definition) is 2. The highest BCUT2D eigenvalue weighted by Crippen LogP contribution is 2.25. The van der Waals surface area contributed by atoms with Gasteiger partial charge < -0.3 is 10.2 Å². The molecule has 1 aliphatic rings. The zero-order valence-corrected chi connectivity index (χ0v) is 15.8.